The van der Waals surface area contributed by atoms with Gasteiger partial charge in [-0.05, 0) is 0 Å². The largest absolute Gasteiger partial charge is 0.275 e. The summed E-state index contributed by atoms with van der Waals surface area (Å²) in [6, 6.07) is 0. The maximum atomic E-state index is 10.3. The second-order valence-electron chi connectivity index (χ2n) is 2.37. The van der Waals surface area contributed by atoms with Crippen LogP contribution in [0.4, 0.5) is 0 Å². The molecule has 0 saturated heterocycles. The molecule has 0 unspecified atom stereocenters. The third-order valence-corrected chi connectivity index (χ3v) is 1.49. The van der Waals surface area contributed by atoms with E-state index in [4.69, 9.17) is 0 Å². The Morgan fingerprint density at radius 3 is 2.46 bits per heavy atom. The fourth-order valence-electron chi connectivity index (χ4n) is 0.874. The molecule has 0 N–H and O–H groups in total. The van der Waals surface area contributed by atoms with Crippen LogP contribution in [0.2, 0.25) is 0 Å². The fraction of sp³-hybridized carbons (Fsp3) is 0.143. The summed E-state index contributed by atoms with van der Waals surface area (Å²) < 4.78 is 0. The lowest BCUT2D eigenvalue weighted by molar-refractivity contribution is -0.435. The Morgan fingerprint density at radius 1 is 1.23 bits per heavy atom. The van der Waals surface area contributed by atoms with Gasteiger partial charge in [0.1, 0.15) is 0 Å². The summed E-state index contributed by atoms with van der Waals surface area (Å²) in [7, 11) is 0. The highest BCUT2D eigenvalue weighted by atomic mass is 16.6. The molecule has 0 radical (unpaired) electrons. The van der Waals surface area contributed by atoms with Crippen LogP contribution in [0.3, 0.4) is 0 Å². The third kappa shape index (κ3) is 2.22. The summed E-state index contributed by atoms with van der Waals surface area (Å²) in [4.78, 5) is 19.4. The quantitative estimate of drug-likeness (QED) is 0.475. The Morgan fingerprint density at radius 2 is 1.92 bits per heavy atom. The number of hydrogen-bond acceptors (Lipinski definition) is 4. The van der Waals surface area contributed by atoms with E-state index in [0.717, 1.165) is 6.08 Å². The summed E-state index contributed by atoms with van der Waals surface area (Å²) in [6.07, 6.45) is 5.26. The first-order chi connectivity index (χ1) is 6.11. The molecule has 0 fully saturated rings. The van der Waals surface area contributed by atoms with E-state index in [0.29, 0.717) is 0 Å². The van der Waals surface area contributed by atoms with Crippen LogP contribution in [0.1, 0.15) is 6.42 Å². The van der Waals surface area contributed by atoms with Crippen LogP contribution < -0.4 is 0 Å². The van der Waals surface area contributed by atoms with Crippen molar-refractivity contribution < 1.29 is 9.85 Å². The molecular formula is C7H6N2O4. The zero-order valence-corrected chi connectivity index (χ0v) is 6.54. The van der Waals surface area contributed by atoms with Crippen LogP contribution in [0.5, 0.6) is 0 Å². The van der Waals surface area contributed by atoms with Gasteiger partial charge in [0, 0.05) is 6.08 Å². The summed E-state index contributed by atoms with van der Waals surface area (Å²) in [5.74, 6) is 0. The average molecular weight is 182 g/mol. The summed E-state index contributed by atoms with van der Waals surface area (Å²) in [5.41, 5.74) is -0.433. The van der Waals surface area contributed by atoms with Crippen molar-refractivity contribution in [2.45, 2.75) is 6.42 Å². The molecule has 0 saturated carbocycles. The van der Waals surface area contributed by atoms with E-state index in [1.54, 1.807) is 0 Å². The fourth-order valence-corrected chi connectivity index (χ4v) is 0.874. The van der Waals surface area contributed by atoms with Gasteiger partial charge >= 0.3 is 0 Å². The van der Waals surface area contributed by atoms with Crippen molar-refractivity contribution in [2.75, 3.05) is 0 Å². The molecule has 6 heteroatoms. The van der Waals surface area contributed by atoms with Gasteiger partial charge in [-0.3, -0.25) is 20.2 Å². The number of nitrogens with zero attached hydrogens (tertiary/aromatic N) is 2. The number of rotatable bonds is 2. The van der Waals surface area contributed by atoms with E-state index in [2.05, 4.69) is 0 Å². The van der Waals surface area contributed by atoms with Gasteiger partial charge in [0.2, 0.25) is 0 Å². The van der Waals surface area contributed by atoms with Crippen LogP contribution in [0, 0.1) is 20.2 Å². The number of allylic oxidation sites excluding steroid dienone is 4. The van der Waals surface area contributed by atoms with Gasteiger partial charge in [0.15, 0.2) is 0 Å². The Labute approximate surface area is 73.2 Å². The highest BCUT2D eigenvalue weighted by Gasteiger charge is 2.17. The van der Waals surface area contributed by atoms with Crippen molar-refractivity contribution >= 4 is 0 Å². The molecule has 0 bridgehead atoms. The van der Waals surface area contributed by atoms with Gasteiger partial charge in [-0.25, -0.2) is 0 Å². The maximum absolute atomic E-state index is 10.3. The van der Waals surface area contributed by atoms with E-state index >= 15 is 0 Å². The summed E-state index contributed by atoms with van der Waals surface area (Å²) in [5, 5.41) is 20.6. The van der Waals surface area contributed by atoms with E-state index in [9.17, 15) is 20.2 Å². The molecule has 0 atom stereocenters. The van der Waals surface area contributed by atoms with Crippen LogP contribution >= 0.6 is 0 Å². The molecule has 0 aromatic heterocycles. The van der Waals surface area contributed by atoms with Crippen LogP contribution in [0.25, 0.3) is 0 Å². The molecule has 1 rings (SSSR count). The Bertz CT molecular complexity index is 340. The Kier molecular flexibility index (Phi) is 2.53. The minimum absolute atomic E-state index is 0.112. The Balaban J connectivity index is 3.03. The average Bonchev–Trinajstić information content (AvgIpc) is 2.28. The molecule has 0 aliphatic heterocycles. The van der Waals surface area contributed by atoms with Crippen molar-refractivity contribution in [3.05, 3.63) is 55.9 Å². The van der Waals surface area contributed by atoms with E-state index in [1.165, 1.54) is 18.2 Å². The summed E-state index contributed by atoms with van der Waals surface area (Å²) >= 11 is 0. The molecule has 0 aromatic carbocycles. The molecule has 0 amide bonds. The highest BCUT2D eigenvalue weighted by molar-refractivity contribution is 5.24. The molecule has 0 heterocycles. The van der Waals surface area contributed by atoms with Crippen molar-refractivity contribution in [1.82, 2.24) is 0 Å². The van der Waals surface area contributed by atoms with Gasteiger partial charge < -0.3 is 0 Å². The van der Waals surface area contributed by atoms with E-state index in [1.807, 2.05) is 0 Å². The van der Waals surface area contributed by atoms with Crippen LogP contribution in [-0.2, 0) is 0 Å². The van der Waals surface area contributed by atoms with Crippen molar-refractivity contribution in [3.63, 3.8) is 0 Å². The second-order valence-corrected chi connectivity index (χ2v) is 2.37. The van der Waals surface area contributed by atoms with E-state index in [-0.39, 0.29) is 17.8 Å². The molecule has 0 aromatic rings. The smallest absolute Gasteiger partial charge is 0.259 e. The molecule has 0 spiro atoms. The highest BCUT2D eigenvalue weighted by Crippen LogP contribution is 2.12. The van der Waals surface area contributed by atoms with Gasteiger partial charge in [-0.15, -0.1) is 0 Å². The Hall–Kier alpha value is -1.98. The lowest BCUT2D eigenvalue weighted by atomic mass is 10.3. The third-order valence-electron chi connectivity index (χ3n) is 1.49. The zero-order chi connectivity index (χ0) is 9.84. The molecule has 1 aliphatic carbocycles. The van der Waals surface area contributed by atoms with Crippen molar-refractivity contribution in [1.29, 1.82) is 0 Å². The second kappa shape index (κ2) is 3.61. The molecule has 13 heavy (non-hydrogen) atoms. The molecule has 6 nitrogen and oxygen atoms in total. The first kappa shape index (κ1) is 9.11. The monoisotopic (exact) mass is 182 g/mol. The lowest BCUT2D eigenvalue weighted by Crippen LogP contribution is -2.01. The molecular weight excluding hydrogens is 176 g/mol. The van der Waals surface area contributed by atoms with Gasteiger partial charge in [-0.1, -0.05) is 12.2 Å². The number of nitro groups is 2. The normalized spacial score (nSPS) is 15.7. The van der Waals surface area contributed by atoms with Crippen molar-refractivity contribution in [2.24, 2.45) is 0 Å². The summed E-state index contributed by atoms with van der Waals surface area (Å²) in [6.45, 7) is 0. The maximum Gasteiger partial charge on any atom is 0.275 e. The first-order valence-corrected chi connectivity index (χ1v) is 3.47. The lowest BCUT2D eigenvalue weighted by Gasteiger charge is -1.91. The zero-order valence-electron chi connectivity index (χ0n) is 6.54. The van der Waals surface area contributed by atoms with Crippen LogP contribution in [-0.4, -0.2) is 9.85 Å². The van der Waals surface area contributed by atoms with Gasteiger partial charge in [0.25, 0.3) is 11.4 Å². The molecule has 1 aliphatic rings. The van der Waals surface area contributed by atoms with Gasteiger partial charge in [0.05, 0.1) is 22.3 Å². The molecule has 68 valence electrons. The topological polar surface area (TPSA) is 86.3 Å². The van der Waals surface area contributed by atoms with E-state index < -0.39 is 9.85 Å². The van der Waals surface area contributed by atoms with Crippen molar-refractivity contribution in [3.8, 4) is 0 Å². The minimum Gasteiger partial charge on any atom is -0.259 e. The predicted octanol–water partition coefficient (Wildman–Crippen LogP) is 1.27. The number of hydrogen-bond donors (Lipinski definition) is 0. The SMILES string of the molecule is O=[N+]([O-])C1=CC=CCC([N+](=O)[O-])=C1. The standard InChI is InChI=1S/C7H6N2O4/c10-8(11)6-3-1-2-4-7(5-6)9(12)13/h1-3,5H,4H2. The predicted molar refractivity (Wildman–Crippen MR) is 43.9 cm³/mol. The minimum atomic E-state index is -0.654. The van der Waals surface area contributed by atoms with Gasteiger partial charge in [-0.2, -0.15) is 0 Å². The first-order valence-electron chi connectivity index (χ1n) is 3.47. The van der Waals surface area contributed by atoms with Crippen LogP contribution in [0.15, 0.2) is 35.7 Å².